The van der Waals surface area contributed by atoms with Gasteiger partial charge in [0.25, 0.3) is 5.56 Å². The number of halogens is 3. The molecule has 0 aliphatic carbocycles. The molecule has 2 rings (SSSR count). The molecule has 4 nitrogen and oxygen atoms in total. The average Bonchev–Trinajstić information content (AvgIpc) is 2.37. The molecule has 0 aromatic carbocycles. The second-order valence-corrected chi connectivity index (χ2v) is 4.41. The molecule has 0 spiro atoms. The lowest BCUT2D eigenvalue weighted by atomic mass is 10.3. The summed E-state index contributed by atoms with van der Waals surface area (Å²) in [4.78, 5) is 16.0. The lowest BCUT2D eigenvalue weighted by Gasteiger charge is -2.07. The number of hydrogen-bond donors (Lipinski definition) is 1. The Labute approximate surface area is 113 Å². The number of nitrogens with one attached hydrogen (secondary N) is 1. The summed E-state index contributed by atoms with van der Waals surface area (Å²) in [5, 5.41) is 2.86. The molecule has 7 heteroatoms. The lowest BCUT2D eigenvalue weighted by molar-refractivity contribution is -0.135. The quantitative estimate of drug-likeness (QED) is 0.856. The van der Waals surface area contributed by atoms with Crippen molar-refractivity contribution in [3.8, 4) is 0 Å². The van der Waals surface area contributed by atoms with Crippen LogP contribution in [0.1, 0.15) is 18.5 Å². The predicted octanol–water partition coefficient (Wildman–Crippen LogP) is 2.13. The third kappa shape index (κ3) is 4.06. The van der Waals surface area contributed by atoms with Crippen molar-refractivity contribution in [2.24, 2.45) is 0 Å². The topological polar surface area (TPSA) is 46.4 Å². The monoisotopic (exact) mass is 285 g/mol. The summed E-state index contributed by atoms with van der Waals surface area (Å²) in [5.74, 6) is 0. The number of fused-ring (bicyclic) bond motifs is 1. The van der Waals surface area contributed by atoms with E-state index >= 15 is 0 Å². The number of alkyl halides is 3. The number of aromatic nitrogens is 2. The second-order valence-electron chi connectivity index (χ2n) is 4.41. The fraction of sp³-hybridized carbons (Fsp3) is 0.385. The molecule has 0 aliphatic heterocycles. The largest absolute Gasteiger partial charge is 0.389 e. The minimum absolute atomic E-state index is 0.00998. The zero-order valence-corrected chi connectivity index (χ0v) is 10.7. The maximum absolute atomic E-state index is 11.9. The highest BCUT2D eigenvalue weighted by Gasteiger charge is 2.25. The van der Waals surface area contributed by atoms with E-state index in [1.54, 1.807) is 24.4 Å². The van der Waals surface area contributed by atoms with Crippen LogP contribution in [-0.2, 0) is 6.54 Å². The SMILES string of the molecule is O=c1cc(CNCCCC(F)(F)F)nc2ccccn12. The normalized spacial score (nSPS) is 11.9. The van der Waals surface area contributed by atoms with E-state index in [4.69, 9.17) is 0 Å². The molecule has 0 aliphatic rings. The standard InChI is InChI=1S/C13H14F3N3O/c14-13(15,16)5-3-6-17-9-10-8-12(20)19-7-2-1-4-11(19)18-10/h1-2,4,7-8,17H,3,5-6,9H2. The molecule has 2 aromatic heterocycles. The Kier molecular flexibility index (Phi) is 4.39. The Bertz CT molecular complexity index is 637. The van der Waals surface area contributed by atoms with Crippen molar-refractivity contribution in [1.29, 1.82) is 0 Å². The summed E-state index contributed by atoms with van der Waals surface area (Å²) in [6.45, 7) is 0.508. The highest BCUT2D eigenvalue weighted by Crippen LogP contribution is 2.20. The molecular formula is C13H14F3N3O. The van der Waals surface area contributed by atoms with E-state index in [1.165, 1.54) is 10.5 Å². The molecule has 2 heterocycles. The van der Waals surface area contributed by atoms with Gasteiger partial charge in [-0.2, -0.15) is 13.2 Å². The van der Waals surface area contributed by atoms with Crippen molar-refractivity contribution in [2.45, 2.75) is 25.6 Å². The molecule has 0 saturated heterocycles. The number of nitrogens with zero attached hydrogens (tertiary/aromatic N) is 2. The van der Waals surface area contributed by atoms with Crippen molar-refractivity contribution in [1.82, 2.24) is 14.7 Å². The Morgan fingerprint density at radius 1 is 1.30 bits per heavy atom. The van der Waals surface area contributed by atoms with E-state index in [0.29, 0.717) is 11.3 Å². The molecule has 0 bridgehead atoms. The lowest BCUT2D eigenvalue weighted by Crippen LogP contribution is -2.21. The summed E-state index contributed by atoms with van der Waals surface area (Å²) >= 11 is 0. The van der Waals surface area contributed by atoms with Gasteiger partial charge in [-0.05, 0) is 25.1 Å². The van der Waals surface area contributed by atoms with Crippen molar-refractivity contribution < 1.29 is 13.2 Å². The molecule has 0 unspecified atom stereocenters. The molecular weight excluding hydrogens is 271 g/mol. The van der Waals surface area contributed by atoms with Gasteiger partial charge in [-0.1, -0.05) is 6.07 Å². The van der Waals surface area contributed by atoms with Crippen molar-refractivity contribution in [3.63, 3.8) is 0 Å². The average molecular weight is 285 g/mol. The van der Waals surface area contributed by atoms with Gasteiger partial charge in [0, 0.05) is 25.2 Å². The van der Waals surface area contributed by atoms with Crippen LogP contribution in [0.25, 0.3) is 5.65 Å². The van der Waals surface area contributed by atoms with Gasteiger partial charge >= 0.3 is 6.18 Å². The van der Waals surface area contributed by atoms with Crippen LogP contribution >= 0.6 is 0 Å². The summed E-state index contributed by atoms with van der Waals surface area (Å²) in [6.07, 6.45) is -3.31. The molecule has 0 atom stereocenters. The molecule has 0 amide bonds. The highest BCUT2D eigenvalue weighted by molar-refractivity contribution is 5.37. The maximum Gasteiger partial charge on any atom is 0.389 e. The van der Waals surface area contributed by atoms with Crippen LogP contribution in [0.3, 0.4) is 0 Å². The first-order chi connectivity index (χ1) is 9.46. The molecule has 108 valence electrons. The van der Waals surface area contributed by atoms with E-state index in [9.17, 15) is 18.0 Å². The van der Waals surface area contributed by atoms with E-state index in [0.717, 1.165) is 0 Å². The number of hydrogen-bond acceptors (Lipinski definition) is 3. The predicted molar refractivity (Wildman–Crippen MR) is 68.5 cm³/mol. The second kappa shape index (κ2) is 6.04. The Morgan fingerprint density at radius 2 is 2.10 bits per heavy atom. The fourth-order valence-electron chi connectivity index (χ4n) is 1.82. The van der Waals surface area contributed by atoms with Crippen molar-refractivity contribution >= 4 is 5.65 Å². The summed E-state index contributed by atoms with van der Waals surface area (Å²) in [6, 6.07) is 6.58. The smallest absolute Gasteiger partial charge is 0.311 e. The molecule has 20 heavy (non-hydrogen) atoms. The van der Waals surface area contributed by atoms with Crippen LogP contribution in [0.4, 0.5) is 13.2 Å². The van der Waals surface area contributed by atoms with Gasteiger partial charge in [-0.25, -0.2) is 4.98 Å². The van der Waals surface area contributed by atoms with Crippen molar-refractivity contribution in [2.75, 3.05) is 6.54 Å². The van der Waals surface area contributed by atoms with Gasteiger partial charge in [0.15, 0.2) is 0 Å². The van der Waals surface area contributed by atoms with E-state index in [1.807, 2.05) is 0 Å². The molecule has 0 radical (unpaired) electrons. The zero-order valence-electron chi connectivity index (χ0n) is 10.7. The van der Waals surface area contributed by atoms with Gasteiger partial charge in [0.05, 0.1) is 5.69 Å². The summed E-state index contributed by atoms with van der Waals surface area (Å²) < 4.78 is 37.3. The third-order valence-corrected chi connectivity index (χ3v) is 2.74. The number of rotatable bonds is 5. The molecule has 0 saturated carbocycles. The van der Waals surface area contributed by atoms with Crippen LogP contribution in [0.2, 0.25) is 0 Å². The molecule has 0 fully saturated rings. The zero-order chi connectivity index (χ0) is 14.6. The van der Waals surface area contributed by atoms with Crippen molar-refractivity contribution in [3.05, 3.63) is 46.5 Å². The minimum Gasteiger partial charge on any atom is -0.311 e. The Hall–Kier alpha value is -1.89. The van der Waals surface area contributed by atoms with Crippen LogP contribution < -0.4 is 10.9 Å². The van der Waals surface area contributed by atoms with E-state index < -0.39 is 12.6 Å². The summed E-state index contributed by atoms with van der Waals surface area (Å²) in [5.41, 5.74) is 0.836. The van der Waals surface area contributed by atoms with E-state index in [-0.39, 0.29) is 25.1 Å². The molecule has 2 aromatic rings. The fourth-order valence-corrected chi connectivity index (χ4v) is 1.82. The first kappa shape index (κ1) is 14.5. The minimum atomic E-state index is -4.12. The Balaban J connectivity index is 1.92. The van der Waals surface area contributed by atoms with Gasteiger partial charge in [-0.3, -0.25) is 9.20 Å². The maximum atomic E-state index is 11.9. The van der Waals surface area contributed by atoms with Gasteiger partial charge < -0.3 is 5.32 Å². The van der Waals surface area contributed by atoms with Crippen LogP contribution in [0, 0.1) is 0 Å². The van der Waals surface area contributed by atoms with Gasteiger partial charge in [0.2, 0.25) is 0 Å². The van der Waals surface area contributed by atoms with Crippen LogP contribution in [-0.4, -0.2) is 22.1 Å². The number of pyridine rings is 1. The Morgan fingerprint density at radius 3 is 2.85 bits per heavy atom. The van der Waals surface area contributed by atoms with Gasteiger partial charge in [0.1, 0.15) is 5.65 Å². The highest BCUT2D eigenvalue weighted by atomic mass is 19.4. The first-order valence-corrected chi connectivity index (χ1v) is 6.20. The third-order valence-electron chi connectivity index (χ3n) is 2.74. The first-order valence-electron chi connectivity index (χ1n) is 6.20. The van der Waals surface area contributed by atoms with Crippen LogP contribution in [0.15, 0.2) is 35.3 Å². The summed E-state index contributed by atoms with van der Waals surface area (Å²) in [7, 11) is 0. The molecule has 1 N–H and O–H groups in total. The van der Waals surface area contributed by atoms with Crippen LogP contribution in [0.5, 0.6) is 0 Å². The van der Waals surface area contributed by atoms with E-state index in [2.05, 4.69) is 10.3 Å². The van der Waals surface area contributed by atoms with Gasteiger partial charge in [-0.15, -0.1) is 0 Å².